The van der Waals surface area contributed by atoms with Crippen LogP contribution >= 0.6 is 22.7 Å². The van der Waals surface area contributed by atoms with Crippen LogP contribution in [-0.4, -0.2) is 21.3 Å². The second kappa shape index (κ2) is 5.24. The first kappa shape index (κ1) is 12.5. The first-order chi connectivity index (χ1) is 9.22. The van der Waals surface area contributed by atoms with Crippen molar-refractivity contribution in [2.24, 2.45) is 0 Å². The van der Waals surface area contributed by atoms with Gasteiger partial charge >= 0.3 is 0 Å². The summed E-state index contributed by atoms with van der Waals surface area (Å²) in [6.45, 7) is 1.56. The fraction of sp³-hybridized carbons (Fsp3) is 0.231. The van der Waals surface area contributed by atoms with Crippen molar-refractivity contribution in [1.82, 2.24) is 14.3 Å². The van der Waals surface area contributed by atoms with Crippen molar-refractivity contribution >= 4 is 27.6 Å². The standard InChI is InChI=1S/C13H13N3OS2/c1-15(9-11-3-2-5-18-11)8-10-7-12(17)16-4-6-19-13(16)14-10/h2-7H,8-9H2,1H3. The van der Waals surface area contributed by atoms with Gasteiger partial charge in [0.15, 0.2) is 4.96 Å². The molecule has 0 aromatic carbocycles. The molecule has 0 spiro atoms. The van der Waals surface area contributed by atoms with Crippen LogP contribution < -0.4 is 5.56 Å². The molecule has 6 heteroatoms. The Morgan fingerprint density at radius 1 is 1.32 bits per heavy atom. The SMILES string of the molecule is CN(Cc1cc(=O)n2ccsc2n1)Cc1cccs1. The van der Waals surface area contributed by atoms with Crippen LogP contribution in [0.3, 0.4) is 0 Å². The molecule has 3 aromatic heterocycles. The van der Waals surface area contributed by atoms with Crippen LogP contribution in [0.15, 0.2) is 40.0 Å². The molecule has 0 N–H and O–H groups in total. The predicted molar refractivity (Wildman–Crippen MR) is 78.8 cm³/mol. The summed E-state index contributed by atoms with van der Waals surface area (Å²) in [6, 6.07) is 5.78. The number of nitrogens with zero attached hydrogens (tertiary/aromatic N) is 3. The fourth-order valence-electron chi connectivity index (χ4n) is 1.97. The third-order valence-electron chi connectivity index (χ3n) is 2.79. The van der Waals surface area contributed by atoms with Gasteiger partial charge in [-0.1, -0.05) is 6.07 Å². The summed E-state index contributed by atoms with van der Waals surface area (Å²) in [5.74, 6) is 0. The first-order valence-electron chi connectivity index (χ1n) is 5.89. The van der Waals surface area contributed by atoms with Crippen LogP contribution in [0.5, 0.6) is 0 Å². The third-order valence-corrected chi connectivity index (χ3v) is 4.41. The zero-order valence-corrected chi connectivity index (χ0v) is 12.1. The number of hydrogen-bond acceptors (Lipinski definition) is 5. The lowest BCUT2D eigenvalue weighted by Crippen LogP contribution is -2.20. The molecule has 0 saturated carbocycles. The number of fused-ring (bicyclic) bond motifs is 1. The molecule has 4 nitrogen and oxygen atoms in total. The Hall–Kier alpha value is -1.50. The molecule has 0 amide bonds. The smallest absolute Gasteiger partial charge is 0.258 e. The molecule has 0 bridgehead atoms. The van der Waals surface area contributed by atoms with Crippen LogP contribution in [0.25, 0.3) is 4.96 Å². The van der Waals surface area contributed by atoms with Gasteiger partial charge in [0.25, 0.3) is 5.56 Å². The summed E-state index contributed by atoms with van der Waals surface area (Å²) in [6.07, 6.45) is 1.76. The van der Waals surface area contributed by atoms with Gasteiger partial charge in [-0.2, -0.15) is 0 Å². The molecule has 0 saturated heterocycles. The van der Waals surface area contributed by atoms with Crippen molar-refractivity contribution in [1.29, 1.82) is 0 Å². The van der Waals surface area contributed by atoms with Crippen molar-refractivity contribution < 1.29 is 0 Å². The summed E-state index contributed by atoms with van der Waals surface area (Å²) in [4.78, 5) is 20.6. The van der Waals surface area contributed by atoms with E-state index in [0.717, 1.165) is 17.2 Å². The van der Waals surface area contributed by atoms with Gasteiger partial charge in [0.1, 0.15) is 0 Å². The molecule has 0 aliphatic carbocycles. The molecular formula is C13H13N3OS2. The molecule has 0 aliphatic rings. The number of rotatable bonds is 4. The summed E-state index contributed by atoms with van der Waals surface area (Å²) >= 11 is 3.23. The average molecular weight is 291 g/mol. The molecule has 0 atom stereocenters. The Morgan fingerprint density at radius 3 is 3.00 bits per heavy atom. The minimum Gasteiger partial charge on any atom is -0.295 e. The number of thiazole rings is 1. The van der Waals surface area contributed by atoms with E-state index in [-0.39, 0.29) is 5.56 Å². The van der Waals surface area contributed by atoms with Gasteiger partial charge in [0.05, 0.1) is 5.69 Å². The maximum Gasteiger partial charge on any atom is 0.258 e. The van der Waals surface area contributed by atoms with Gasteiger partial charge in [-0.05, 0) is 18.5 Å². The summed E-state index contributed by atoms with van der Waals surface area (Å²) in [7, 11) is 2.04. The molecule has 3 rings (SSSR count). The maximum atomic E-state index is 11.9. The zero-order valence-electron chi connectivity index (χ0n) is 10.4. The first-order valence-corrected chi connectivity index (χ1v) is 7.65. The van der Waals surface area contributed by atoms with E-state index in [1.807, 2.05) is 12.4 Å². The third kappa shape index (κ3) is 2.75. The maximum absolute atomic E-state index is 11.9. The monoisotopic (exact) mass is 291 g/mol. The van der Waals surface area contributed by atoms with E-state index in [1.54, 1.807) is 28.0 Å². The molecule has 0 radical (unpaired) electrons. The van der Waals surface area contributed by atoms with Crippen LogP contribution in [0.1, 0.15) is 10.6 Å². The molecular weight excluding hydrogens is 278 g/mol. The highest BCUT2D eigenvalue weighted by Gasteiger charge is 2.07. The van der Waals surface area contributed by atoms with Gasteiger partial charge in [-0.3, -0.25) is 14.1 Å². The number of hydrogen-bond donors (Lipinski definition) is 0. The van der Waals surface area contributed by atoms with Crippen LogP contribution in [0.2, 0.25) is 0 Å². The molecule has 3 heterocycles. The van der Waals surface area contributed by atoms with Gasteiger partial charge < -0.3 is 0 Å². The summed E-state index contributed by atoms with van der Waals surface area (Å²) < 4.78 is 1.58. The Kier molecular flexibility index (Phi) is 3.46. The highest BCUT2D eigenvalue weighted by molar-refractivity contribution is 7.15. The highest BCUT2D eigenvalue weighted by atomic mass is 32.1. The summed E-state index contributed by atoms with van der Waals surface area (Å²) in [5, 5.41) is 3.95. The lowest BCUT2D eigenvalue weighted by Gasteiger charge is -2.14. The van der Waals surface area contributed by atoms with Crippen molar-refractivity contribution in [3.8, 4) is 0 Å². The van der Waals surface area contributed by atoms with E-state index in [1.165, 1.54) is 16.2 Å². The second-order valence-electron chi connectivity index (χ2n) is 4.39. The Labute approximate surface area is 118 Å². The number of thiophene rings is 1. The molecule has 0 aliphatic heterocycles. The molecule has 19 heavy (non-hydrogen) atoms. The minimum absolute atomic E-state index is 0.00854. The number of aromatic nitrogens is 2. The minimum atomic E-state index is -0.00854. The lowest BCUT2D eigenvalue weighted by molar-refractivity contribution is 0.318. The van der Waals surface area contributed by atoms with Crippen molar-refractivity contribution in [3.63, 3.8) is 0 Å². The van der Waals surface area contributed by atoms with Crippen molar-refractivity contribution in [2.45, 2.75) is 13.1 Å². The topological polar surface area (TPSA) is 37.6 Å². The highest BCUT2D eigenvalue weighted by Crippen LogP contribution is 2.13. The quantitative estimate of drug-likeness (QED) is 0.741. The second-order valence-corrected chi connectivity index (χ2v) is 6.30. The van der Waals surface area contributed by atoms with Gasteiger partial charge in [0, 0.05) is 35.6 Å². The van der Waals surface area contributed by atoms with Crippen molar-refractivity contribution in [2.75, 3.05) is 7.05 Å². The lowest BCUT2D eigenvalue weighted by atomic mass is 10.3. The molecule has 0 fully saturated rings. The van der Waals surface area contributed by atoms with Gasteiger partial charge in [0.2, 0.25) is 0 Å². The zero-order chi connectivity index (χ0) is 13.2. The van der Waals surface area contributed by atoms with E-state index in [2.05, 4.69) is 27.4 Å². The van der Waals surface area contributed by atoms with Crippen LogP contribution in [0, 0.1) is 0 Å². The normalized spacial score (nSPS) is 11.5. The van der Waals surface area contributed by atoms with Crippen LogP contribution in [-0.2, 0) is 13.1 Å². The van der Waals surface area contributed by atoms with E-state index >= 15 is 0 Å². The van der Waals surface area contributed by atoms with Crippen LogP contribution in [0.4, 0.5) is 0 Å². The van der Waals surface area contributed by atoms with E-state index in [0.29, 0.717) is 6.54 Å². The van der Waals surface area contributed by atoms with E-state index in [4.69, 9.17) is 0 Å². The molecule has 0 unspecified atom stereocenters. The van der Waals surface area contributed by atoms with Crippen molar-refractivity contribution in [3.05, 3.63) is 56.1 Å². The Balaban J connectivity index is 1.79. The molecule has 98 valence electrons. The fourth-order valence-corrected chi connectivity index (χ4v) is 3.49. The van der Waals surface area contributed by atoms with Gasteiger partial charge in [-0.15, -0.1) is 22.7 Å². The van der Waals surface area contributed by atoms with Gasteiger partial charge in [-0.25, -0.2) is 4.98 Å². The predicted octanol–water partition coefficient (Wildman–Crippen LogP) is 2.45. The van der Waals surface area contributed by atoms with E-state index in [9.17, 15) is 4.79 Å². The van der Waals surface area contributed by atoms with E-state index < -0.39 is 0 Å². The Bertz CT molecular complexity index is 730. The average Bonchev–Trinajstić information content (AvgIpc) is 2.99. The summed E-state index contributed by atoms with van der Waals surface area (Å²) in [5.41, 5.74) is 0.817. The largest absolute Gasteiger partial charge is 0.295 e. The Morgan fingerprint density at radius 2 is 2.21 bits per heavy atom. The molecule has 3 aromatic rings.